The maximum Gasteiger partial charge on any atom is 0.463 e. The van der Waals surface area contributed by atoms with E-state index in [0.717, 1.165) is 5.56 Å². The van der Waals surface area contributed by atoms with E-state index in [2.05, 4.69) is 0 Å². The highest BCUT2D eigenvalue weighted by Gasteiger charge is 2.65. The number of carbonyl (C=O) groups excluding carboxylic acids is 1. The van der Waals surface area contributed by atoms with Crippen LogP contribution in [0.25, 0.3) is 0 Å². The maximum absolute atomic E-state index is 13.2. The molecule has 0 fully saturated rings. The zero-order valence-corrected chi connectivity index (χ0v) is 10.6. The van der Waals surface area contributed by atoms with Crippen molar-refractivity contribution in [2.45, 2.75) is 31.9 Å². The molecule has 1 aliphatic heterocycles. The van der Waals surface area contributed by atoms with E-state index in [1.54, 1.807) is 19.1 Å². The van der Waals surface area contributed by atoms with Crippen molar-refractivity contribution in [1.29, 1.82) is 0 Å². The predicted molar refractivity (Wildman–Crippen MR) is 62.9 cm³/mol. The summed E-state index contributed by atoms with van der Waals surface area (Å²) in [6.07, 6.45) is -4.97. The van der Waals surface area contributed by atoms with Crippen molar-refractivity contribution in [3.05, 3.63) is 29.3 Å². The molecule has 0 bridgehead atoms. The minimum absolute atomic E-state index is 0.135. The number of amides is 1. The summed E-state index contributed by atoms with van der Waals surface area (Å²) in [7, 11) is 0. The third-order valence-electron chi connectivity index (χ3n) is 3.22. The van der Waals surface area contributed by atoms with E-state index >= 15 is 0 Å². The standard InChI is InChI=1S/C13H12F5NO/c1-8-4-5-10-9(7-8)3-2-6-19(10)11(20)12(14,15)13(16,17)18/h4-5,7H,2-3,6H2,1H3. The van der Waals surface area contributed by atoms with Gasteiger partial charge in [-0.25, -0.2) is 0 Å². The van der Waals surface area contributed by atoms with Crippen molar-refractivity contribution >= 4 is 11.6 Å². The predicted octanol–water partition coefficient (Wildman–Crippen LogP) is 3.47. The smallest absolute Gasteiger partial charge is 0.307 e. The molecule has 0 aliphatic carbocycles. The topological polar surface area (TPSA) is 20.3 Å². The fourth-order valence-corrected chi connectivity index (χ4v) is 2.23. The quantitative estimate of drug-likeness (QED) is 0.726. The molecule has 110 valence electrons. The molecule has 0 radical (unpaired) electrons. The van der Waals surface area contributed by atoms with E-state index in [1.165, 1.54) is 6.07 Å². The molecular formula is C13H12F5NO. The van der Waals surface area contributed by atoms with Crippen LogP contribution in [0.5, 0.6) is 0 Å². The number of carbonyl (C=O) groups is 1. The monoisotopic (exact) mass is 293 g/mol. The Kier molecular flexibility index (Phi) is 3.47. The zero-order chi connectivity index (χ0) is 15.1. The Balaban J connectivity index is 2.39. The second kappa shape index (κ2) is 4.71. The highest BCUT2D eigenvalue weighted by Crippen LogP contribution is 2.39. The number of benzene rings is 1. The summed E-state index contributed by atoms with van der Waals surface area (Å²) in [6.45, 7) is 1.64. The summed E-state index contributed by atoms with van der Waals surface area (Å²) in [5, 5.41) is 0. The number of halogens is 5. The van der Waals surface area contributed by atoms with Crippen LogP contribution < -0.4 is 4.90 Å². The van der Waals surface area contributed by atoms with Crippen LogP contribution in [-0.4, -0.2) is 24.6 Å². The normalized spacial score (nSPS) is 16.0. The van der Waals surface area contributed by atoms with Gasteiger partial charge in [0.25, 0.3) is 0 Å². The van der Waals surface area contributed by atoms with E-state index in [1.807, 2.05) is 0 Å². The van der Waals surface area contributed by atoms with Crippen LogP contribution in [0.2, 0.25) is 0 Å². The maximum atomic E-state index is 13.2. The first kappa shape index (κ1) is 14.7. The number of aryl methyl sites for hydroxylation is 2. The van der Waals surface area contributed by atoms with Crippen LogP contribution in [0.3, 0.4) is 0 Å². The summed E-state index contributed by atoms with van der Waals surface area (Å²) in [5.41, 5.74) is 1.61. The van der Waals surface area contributed by atoms with Gasteiger partial charge in [0.1, 0.15) is 0 Å². The van der Waals surface area contributed by atoms with Gasteiger partial charge in [-0.15, -0.1) is 0 Å². The molecule has 20 heavy (non-hydrogen) atoms. The van der Waals surface area contributed by atoms with Gasteiger partial charge in [0, 0.05) is 12.2 Å². The summed E-state index contributed by atoms with van der Waals surface area (Å²) in [5.74, 6) is -7.58. The van der Waals surface area contributed by atoms with Crippen LogP contribution in [0.1, 0.15) is 17.5 Å². The molecule has 0 saturated carbocycles. The lowest BCUT2D eigenvalue weighted by atomic mass is 9.99. The third-order valence-corrected chi connectivity index (χ3v) is 3.22. The van der Waals surface area contributed by atoms with Gasteiger partial charge in [0.05, 0.1) is 0 Å². The summed E-state index contributed by atoms with van der Waals surface area (Å²) in [6, 6.07) is 4.69. The number of fused-ring (bicyclic) bond motifs is 1. The number of nitrogens with zero attached hydrogens (tertiary/aromatic N) is 1. The van der Waals surface area contributed by atoms with Crippen LogP contribution >= 0.6 is 0 Å². The molecule has 1 aromatic rings. The van der Waals surface area contributed by atoms with Crippen molar-refractivity contribution in [2.75, 3.05) is 11.4 Å². The van der Waals surface area contributed by atoms with Crippen LogP contribution in [-0.2, 0) is 11.2 Å². The van der Waals surface area contributed by atoms with E-state index < -0.39 is 18.0 Å². The zero-order valence-electron chi connectivity index (χ0n) is 10.6. The lowest BCUT2D eigenvalue weighted by molar-refractivity contribution is -0.268. The Labute approximate surface area is 112 Å². The van der Waals surface area contributed by atoms with Gasteiger partial charge in [0.15, 0.2) is 0 Å². The van der Waals surface area contributed by atoms with E-state index in [-0.39, 0.29) is 12.2 Å². The summed E-state index contributed by atoms with van der Waals surface area (Å²) < 4.78 is 63.2. The molecule has 0 unspecified atom stereocenters. The van der Waals surface area contributed by atoms with Gasteiger partial charge in [0.2, 0.25) is 0 Å². The molecular weight excluding hydrogens is 281 g/mol. The van der Waals surface area contributed by atoms with Crippen molar-refractivity contribution in [3.8, 4) is 0 Å². The van der Waals surface area contributed by atoms with E-state index in [4.69, 9.17) is 0 Å². The molecule has 0 aromatic heterocycles. The SMILES string of the molecule is Cc1ccc2c(c1)CCCN2C(=O)C(F)(F)C(F)(F)F. The van der Waals surface area contributed by atoms with Crippen LogP contribution in [0, 0.1) is 6.92 Å². The largest absolute Gasteiger partial charge is 0.463 e. The minimum atomic E-state index is -5.88. The number of hydrogen-bond acceptors (Lipinski definition) is 1. The Morgan fingerprint density at radius 1 is 1.20 bits per heavy atom. The Bertz CT molecular complexity index is 538. The Morgan fingerprint density at radius 2 is 1.85 bits per heavy atom. The van der Waals surface area contributed by atoms with Gasteiger partial charge < -0.3 is 4.90 Å². The van der Waals surface area contributed by atoms with Crippen molar-refractivity contribution in [1.82, 2.24) is 0 Å². The molecule has 1 amide bonds. The minimum Gasteiger partial charge on any atom is -0.307 e. The molecule has 2 rings (SSSR count). The number of rotatable bonds is 1. The number of alkyl halides is 5. The molecule has 2 nitrogen and oxygen atoms in total. The molecule has 1 aliphatic rings. The fourth-order valence-electron chi connectivity index (χ4n) is 2.23. The molecule has 0 atom stereocenters. The molecule has 0 saturated heterocycles. The molecule has 7 heteroatoms. The van der Waals surface area contributed by atoms with E-state index in [9.17, 15) is 26.7 Å². The van der Waals surface area contributed by atoms with Gasteiger partial charge in [-0.05, 0) is 31.4 Å². The Morgan fingerprint density at radius 3 is 2.45 bits per heavy atom. The van der Waals surface area contributed by atoms with Gasteiger partial charge in [-0.2, -0.15) is 22.0 Å². The van der Waals surface area contributed by atoms with Gasteiger partial charge in [-0.3, -0.25) is 4.79 Å². The van der Waals surface area contributed by atoms with Crippen molar-refractivity contribution < 1.29 is 26.7 Å². The molecule has 0 N–H and O–H groups in total. The van der Waals surface area contributed by atoms with E-state index in [0.29, 0.717) is 23.3 Å². The van der Waals surface area contributed by atoms with Crippen molar-refractivity contribution in [2.24, 2.45) is 0 Å². The second-order valence-corrected chi connectivity index (χ2v) is 4.76. The number of hydrogen-bond donors (Lipinski definition) is 0. The summed E-state index contributed by atoms with van der Waals surface area (Å²) >= 11 is 0. The Hall–Kier alpha value is -1.66. The average Bonchev–Trinajstić information content (AvgIpc) is 2.35. The third kappa shape index (κ3) is 2.36. The van der Waals surface area contributed by atoms with Gasteiger partial charge in [-0.1, -0.05) is 17.7 Å². The van der Waals surface area contributed by atoms with Crippen LogP contribution in [0.15, 0.2) is 18.2 Å². The molecule has 1 heterocycles. The first-order valence-corrected chi connectivity index (χ1v) is 6.00. The van der Waals surface area contributed by atoms with Crippen molar-refractivity contribution in [3.63, 3.8) is 0 Å². The highest BCUT2D eigenvalue weighted by atomic mass is 19.4. The lowest BCUT2D eigenvalue weighted by Gasteiger charge is -2.32. The fraction of sp³-hybridized carbons (Fsp3) is 0.462. The summed E-state index contributed by atoms with van der Waals surface area (Å²) in [4.78, 5) is 12.1. The highest BCUT2D eigenvalue weighted by molar-refractivity contribution is 5.99. The molecule has 0 spiro atoms. The second-order valence-electron chi connectivity index (χ2n) is 4.76. The molecule has 1 aromatic carbocycles. The van der Waals surface area contributed by atoms with Crippen LogP contribution in [0.4, 0.5) is 27.6 Å². The average molecular weight is 293 g/mol. The lowest BCUT2D eigenvalue weighted by Crippen LogP contribution is -2.53. The first-order valence-electron chi connectivity index (χ1n) is 6.00. The number of anilines is 1. The van der Waals surface area contributed by atoms with Gasteiger partial charge >= 0.3 is 18.0 Å². The first-order chi connectivity index (χ1) is 9.14.